The summed E-state index contributed by atoms with van der Waals surface area (Å²) in [6.45, 7) is 1.87. The van der Waals surface area contributed by atoms with Gasteiger partial charge in [-0.05, 0) is 12.8 Å². The number of terminal acetylenes is 1. The molecule has 0 aliphatic heterocycles. The number of rotatable bonds is 4. The maximum atomic E-state index is 11.4. The van der Waals surface area contributed by atoms with E-state index in [9.17, 15) is 9.59 Å². The van der Waals surface area contributed by atoms with Crippen molar-refractivity contribution in [2.24, 2.45) is 11.8 Å². The second-order valence-corrected chi connectivity index (χ2v) is 3.42. The second-order valence-electron chi connectivity index (χ2n) is 3.42. The van der Waals surface area contributed by atoms with Crippen molar-refractivity contribution in [3.8, 4) is 12.3 Å². The predicted octanol–water partition coefficient (Wildman–Crippen LogP) is 0.235. The molecular weight excluding hydrogens is 182 g/mol. The van der Waals surface area contributed by atoms with Gasteiger partial charge in [0.15, 0.2) is 0 Å². The van der Waals surface area contributed by atoms with E-state index in [0.717, 1.165) is 0 Å². The van der Waals surface area contributed by atoms with Gasteiger partial charge in [-0.15, -0.1) is 6.42 Å². The Kier molecular flexibility index (Phi) is 3.13. The maximum absolute atomic E-state index is 11.4. The number of hydrogen-bond donors (Lipinski definition) is 2. The lowest BCUT2D eigenvalue weighted by Gasteiger charge is -2.09. The highest BCUT2D eigenvalue weighted by Crippen LogP contribution is 2.38. The van der Waals surface area contributed by atoms with Crippen LogP contribution in [0.2, 0.25) is 0 Å². The summed E-state index contributed by atoms with van der Waals surface area (Å²) in [5, 5.41) is 11.2. The zero-order chi connectivity index (χ0) is 10.7. The number of hydrogen-bond acceptors (Lipinski definition) is 2. The van der Waals surface area contributed by atoms with Crippen molar-refractivity contribution in [3.05, 3.63) is 0 Å². The Morgan fingerprint density at radius 1 is 1.64 bits per heavy atom. The molecule has 0 aromatic rings. The van der Waals surface area contributed by atoms with Crippen molar-refractivity contribution in [3.63, 3.8) is 0 Å². The highest BCUT2D eigenvalue weighted by molar-refractivity contribution is 5.89. The summed E-state index contributed by atoms with van der Waals surface area (Å²) in [5.74, 6) is 0.403. The Bertz CT molecular complexity index is 292. The van der Waals surface area contributed by atoms with E-state index in [2.05, 4.69) is 11.2 Å². The van der Waals surface area contributed by atoms with Crippen molar-refractivity contribution < 1.29 is 14.7 Å². The fraction of sp³-hybridized carbons (Fsp3) is 0.600. The Hall–Kier alpha value is -1.50. The van der Waals surface area contributed by atoms with E-state index in [1.165, 1.54) is 0 Å². The molecule has 4 heteroatoms. The molecule has 4 nitrogen and oxygen atoms in total. The lowest BCUT2D eigenvalue weighted by Crippen LogP contribution is -2.35. The van der Waals surface area contributed by atoms with Crippen LogP contribution in [-0.2, 0) is 9.59 Å². The number of aliphatic carboxylic acids is 1. The summed E-state index contributed by atoms with van der Waals surface area (Å²) in [6.07, 6.45) is 6.26. The quantitative estimate of drug-likeness (QED) is 0.631. The van der Waals surface area contributed by atoms with Crippen LogP contribution in [0.3, 0.4) is 0 Å². The molecule has 2 N–H and O–H groups in total. The Morgan fingerprint density at radius 2 is 2.29 bits per heavy atom. The third-order valence-electron chi connectivity index (χ3n) is 2.37. The molecule has 0 aromatic carbocycles. The molecule has 1 amide bonds. The number of nitrogens with one attached hydrogen (secondary N) is 1. The van der Waals surface area contributed by atoms with Crippen LogP contribution in [0.1, 0.15) is 19.8 Å². The number of amides is 1. The van der Waals surface area contributed by atoms with E-state index in [-0.39, 0.29) is 17.9 Å². The molecule has 0 spiro atoms. The summed E-state index contributed by atoms with van der Waals surface area (Å²) in [4.78, 5) is 21.9. The van der Waals surface area contributed by atoms with Gasteiger partial charge in [0.1, 0.15) is 0 Å². The van der Waals surface area contributed by atoms with E-state index in [1.807, 2.05) is 6.92 Å². The van der Waals surface area contributed by atoms with E-state index in [1.54, 1.807) is 0 Å². The van der Waals surface area contributed by atoms with Gasteiger partial charge in [-0.1, -0.05) is 12.8 Å². The molecule has 1 fully saturated rings. The number of carboxylic acids is 1. The molecule has 0 heterocycles. The molecular formula is C10H13NO3. The lowest BCUT2D eigenvalue weighted by molar-refractivity contribution is -0.140. The molecule has 0 aromatic heterocycles. The SMILES string of the molecule is C#CC(CC)NC(=O)C1CC1C(=O)O. The molecule has 1 aliphatic rings. The molecule has 1 saturated carbocycles. The largest absolute Gasteiger partial charge is 0.481 e. The van der Waals surface area contributed by atoms with Crippen LogP contribution < -0.4 is 5.32 Å². The number of carboxylic acid groups (broad SMARTS) is 1. The first-order chi connectivity index (χ1) is 6.60. The molecule has 14 heavy (non-hydrogen) atoms. The summed E-state index contributed by atoms with van der Waals surface area (Å²) < 4.78 is 0. The zero-order valence-electron chi connectivity index (χ0n) is 7.99. The van der Waals surface area contributed by atoms with Crippen LogP contribution in [-0.4, -0.2) is 23.0 Å². The fourth-order valence-electron chi connectivity index (χ4n) is 1.30. The van der Waals surface area contributed by atoms with Crippen molar-refractivity contribution in [2.45, 2.75) is 25.8 Å². The van der Waals surface area contributed by atoms with Crippen LogP contribution in [0.25, 0.3) is 0 Å². The Balaban J connectivity index is 2.39. The van der Waals surface area contributed by atoms with Gasteiger partial charge in [-0.2, -0.15) is 0 Å². The zero-order valence-corrected chi connectivity index (χ0v) is 7.99. The fourth-order valence-corrected chi connectivity index (χ4v) is 1.30. The first-order valence-electron chi connectivity index (χ1n) is 4.59. The van der Waals surface area contributed by atoms with E-state index in [4.69, 9.17) is 11.5 Å². The monoisotopic (exact) mass is 195 g/mol. The molecule has 1 rings (SSSR count). The molecule has 0 bridgehead atoms. The van der Waals surface area contributed by atoms with Crippen LogP contribution >= 0.6 is 0 Å². The van der Waals surface area contributed by atoms with Crippen LogP contribution in [0.4, 0.5) is 0 Å². The van der Waals surface area contributed by atoms with Gasteiger partial charge < -0.3 is 10.4 Å². The van der Waals surface area contributed by atoms with Gasteiger partial charge in [-0.3, -0.25) is 9.59 Å². The van der Waals surface area contributed by atoms with Crippen LogP contribution in [0, 0.1) is 24.2 Å². The smallest absolute Gasteiger partial charge is 0.307 e. The summed E-state index contributed by atoms with van der Waals surface area (Å²) in [6, 6.07) is -0.280. The minimum absolute atomic E-state index is 0.234. The summed E-state index contributed by atoms with van der Waals surface area (Å²) in [7, 11) is 0. The molecule has 3 unspecified atom stereocenters. The normalized spacial score (nSPS) is 26.0. The van der Waals surface area contributed by atoms with Gasteiger partial charge in [0, 0.05) is 0 Å². The van der Waals surface area contributed by atoms with E-state index >= 15 is 0 Å². The lowest BCUT2D eigenvalue weighted by atomic mass is 10.2. The first-order valence-corrected chi connectivity index (χ1v) is 4.59. The Labute approximate surface area is 82.7 Å². The third-order valence-corrected chi connectivity index (χ3v) is 2.37. The molecule has 76 valence electrons. The average Bonchev–Trinajstić information content (AvgIpc) is 2.93. The van der Waals surface area contributed by atoms with Gasteiger partial charge in [-0.25, -0.2) is 0 Å². The standard InChI is InChI=1S/C10H13NO3/c1-3-6(4-2)11-9(12)7-5-8(7)10(13)14/h1,6-8H,4-5H2,2H3,(H,11,12)(H,13,14). The Morgan fingerprint density at radius 3 is 2.64 bits per heavy atom. The van der Waals surface area contributed by atoms with E-state index in [0.29, 0.717) is 12.8 Å². The maximum Gasteiger partial charge on any atom is 0.307 e. The highest BCUT2D eigenvalue weighted by Gasteiger charge is 2.48. The van der Waals surface area contributed by atoms with Crippen LogP contribution in [0.15, 0.2) is 0 Å². The molecule has 0 saturated heterocycles. The third kappa shape index (κ3) is 2.25. The highest BCUT2D eigenvalue weighted by atomic mass is 16.4. The number of carbonyl (C=O) groups excluding carboxylic acids is 1. The second kappa shape index (κ2) is 4.14. The topological polar surface area (TPSA) is 66.4 Å². The minimum Gasteiger partial charge on any atom is -0.481 e. The van der Waals surface area contributed by atoms with E-state index < -0.39 is 11.9 Å². The van der Waals surface area contributed by atoms with Crippen LogP contribution in [0.5, 0.6) is 0 Å². The molecule has 3 atom stereocenters. The average molecular weight is 195 g/mol. The minimum atomic E-state index is -0.904. The first kappa shape index (κ1) is 10.6. The molecule has 0 radical (unpaired) electrons. The van der Waals surface area contributed by atoms with Crippen molar-refractivity contribution in [2.75, 3.05) is 0 Å². The summed E-state index contributed by atoms with van der Waals surface area (Å²) in [5.41, 5.74) is 0. The number of carbonyl (C=O) groups is 2. The molecule has 1 aliphatic carbocycles. The predicted molar refractivity (Wildman–Crippen MR) is 50.3 cm³/mol. The van der Waals surface area contributed by atoms with Gasteiger partial charge in [0.05, 0.1) is 17.9 Å². The van der Waals surface area contributed by atoms with Gasteiger partial charge in [0.25, 0.3) is 0 Å². The van der Waals surface area contributed by atoms with Gasteiger partial charge in [0.2, 0.25) is 5.91 Å². The van der Waals surface area contributed by atoms with Gasteiger partial charge >= 0.3 is 5.97 Å². The van der Waals surface area contributed by atoms with Crippen molar-refractivity contribution in [1.29, 1.82) is 0 Å². The summed E-state index contributed by atoms with van der Waals surface area (Å²) >= 11 is 0. The van der Waals surface area contributed by atoms with Crippen molar-refractivity contribution >= 4 is 11.9 Å². The van der Waals surface area contributed by atoms with Crippen molar-refractivity contribution in [1.82, 2.24) is 5.32 Å².